The molecule has 0 unspecified atom stereocenters. The zero-order chi connectivity index (χ0) is 39.0. The number of carbonyl (C=O) groups is 1. The first-order valence-corrected chi connectivity index (χ1v) is 19.6. The van der Waals surface area contributed by atoms with Crippen LogP contribution in [0.15, 0.2) is 170 Å². The molecule has 0 amide bonds. The van der Waals surface area contributed by atoms with Gasteiger partial charge in [0, 0.05) is 30.2 Å². The smallest absolute Gasteiger partial charge is 0.341 e. The molecule has 8 rings (SSSR count). The fourth-order valence-corrected chi connectivity index (χ4v) is 7.97. The molecule has 8 heteroatoms. The first kappa shape index (κ1) is 37.0. The van der Waals surface area contributed by atoms with Crippen molar-refractivity contribution in [1.82, 2.24) is 25.2 Å². The van der Waals surface area contributed by atoms with Gasteiger partial charge in [0.05, 0.1) is 17.8 Å². The fraction of sp³-hybridized carbons (Fsp3) is 0.163. The molecule has 2 heterocycles. The van der Waals surface area contributed by atoms with Gasteiger partial charge in [-0.3, -0.25) is 4.98 Å². The van der Waals surface area contributed by atoms with Crippen LogP contribution in [0.5, 0.6) is 0 Å². The molecule has 282 valence electrons. The monoisotopic (exact) mass is 748 g/mol. The summed E-state index contributed by atoms with van der Waals surface area (Å²) in [6, 6.07) is 56.2. The van der Waals surface area contributed by atoms with Crippen molar-refractivity contribution in [2.24, 2.45) is 0 Å². The Balaban J connectivity index is 1.31. The summed E-state index contributed by atoms with van der Waals surface area (Å²) in [6.07, 6.45) is 3.59. The number of rotatable bonds is 14. The third kappa shape index (κ3) is 7.06. The SMILES string of the molecule is CCCCN(Cc1ccccc1-c1ccccc1-c1nnnn1C(c1ccccc1)(c1ccccc1)c1ccccc1)c1c(C(=O)OCC)cnc2ccccc12. The van der Waals surface area contributed by atoms with E-state index >= 15 is 0 Å². The van der Waals surface area contributed by atoms with Gasteiger partial charge in [-0.05, 0) is 63.2 Å². The number of tetrazole rings is 1. The molecule has 0 fully saturated rings. The number of pyridine rings is 1. The summed E-state index contributed by atoms with van der Waals surface area (Å²) in [5.41, 5.74) is 8.33. The van der Waals surface area contributed by atoms with E-state index in [0.717, 1.165) is 74.9 Å². The lowest BCUT2D eigenvalue weighted by Crippen LogP contribution is -2.39. The minimum absolute atomic E-state index is 0.277. The molecule has 0 aliphatic heterocycles. The predicted octanol–water partition coefficient (Wildman–Crippen LogP) is 10.4. The molecule has 0 atom stereocenters. The van der Waals surface area contributed by atoms with Crippen molar-refractivity contribution in [3.63, 3.8) is 0 Å². The molecule has 0 saturated heterocycles. The molecular formula is C49H44N6O2. The summed E-state index contributed by atoms with van der Waals surface area (Å²) in [4.78, 5) is 20.5. The van der Waals surface area contributed by atoms with E-state index in [1.165, 1.54) is 0 Å². The largest absolute Gasteiger partial charge is 0.462 e. The number of aromatic nitrogens is 5. The van der Waals surface area contributed by atoms with E-state index in [9.17, 15) is 4.79 Å². The molecule has 6 aromatic carbocycles. The average Bonchev–Trinajstić information content (AvgIpc) is 3.76. The lowest BCUT2D eigenvalue weighted by atomic mass is 9.77. The molecule has 2 aromatic heterocycles. The molecule has 0 spiro atoms. The highest BCUT2D eigenvalue weighted by molar-refractivity contribution is 6.05. The molecule has 0 aliphatic carbocycles. The van der Waals surface area contributed by atoms with Gasteiger partial charge < -0.3 is 9.64 Å². The van der Waals surface area contributed by atoms with Crippen LogP contribution in [0.3, 0.4) is 0 Å². The van der Waals surface area contributed by atoms with Gasteiger partial charge in [0.2, 0.25) is 0 Å². The summed E-state index contributed by atoms with van der Waals surface area (Å²) in [7, 11) is 0. The van der Waals surface area contributed by atoms with E-state index in [0.29, 0.717) is 17.9 Å². The van der Waals surface area contributed by atoms with Crippen LogP contribution >= 0.6 is 0 Å². The fourth-order valence-electron chi connectivity index (χ4n) is 7.97. The van der Waals surface area contributed by atoms with E-state index in [1.54, 1.807) is 6.20 Å². The number of unbranched alkanes of at least 4 members (excludes halogenated alkanes) is 1. The number of benzene rings is 6. The maximum atomic E-state index is 13.5. The van der Waals surface area contributed by atoms with Gasteiger partial charge in [-0.2, -0.15) is 0 Å². The highest BCUT2D eigenvalue weighted by Gasteiger charge is 2.42. The van der Waals surface area contributed by atoms with Crippen molar-refractivity contribution in [2.45, 2.75) is 38.8 Å². The Morgan fingerprint density at radius 1 is 0.667 bits per heavy atom. The van der Waals surface area contributed by atoms with Crippen molar-refractivity contribution in [2.75, 3.05) is 18.1 Å². The number of para-hydroxylation sites is 1. The van der Waals surface area contributed by atoms with Crippen molar-refractivity contribution in [1.29, 1.82) is 0 Å². The Labute approximate surface area is 333 Å². The lowest BCUT2D eigenvalue weighted by molar-refractivity contribution is 0.0526. The van der Waals surface area contributed by atoms with Gasteiger partial charge in [0.1, 0.15) is 11.1 Å². The standard InChI is InChI=1S/C49H44N6O2/c1-3-5-33-54(46-43-31-19-20-32-45(43)50-34-44(46)48(56)57-4-2)35-36-21-15-16-28-40(36)41-29-17-18-30-42(41)47-51-52-53-55(47)49(37-22-9-6-10-23-37,38-24-11-7-12-25-38)39-26-13-8-14-27-39/h6-32,34H,3-5,33,35H2,1-2H3. The van der Waals surface area contributed by atoms with Crippen molar-refractivity contribution in [3.8, 4) is 22.5 Å². The van der Waals surface area contributed by atoms with Crippen LogP contribution in [-0.2, 0) is 16.8 Å². The third-order valence-electron chi connectivity index (χ3n) is 10.5. The molecule has 8 aromatic rings. The van der Waals surface area contributed by atoms with Gasteiger partial charge >= 0.3 is 5.97 Å². The van der Waals surface area contributed by atoms with Crippen molar-refractivity contribution >= 4 is 22.6 Å². The second-order valence-corrected chi connectivity index (χ2v) is 14.0. The number of carbonyl (C=O) groups excluding carboxylic acids is 1. The van der Waals surface area contributed by atoms with Gasteiger partial charge in [-0.15, -0.1) is 5.10 Å². The molecule has 0 saturated carbocycles. The Morgan fingerprint density at radius 2 is 1.23 bits per heavy atom. The van der Waals surface area contributed by atoms with Crippen LogP contribution in [0.2, 0.25) is 0 Å². The number of ether oxygens (including phenoxy) is 1. The predicted molar refractivity (Wildman–Crippen MR) is 227 cm³/mol. The van der Waals surface area contributed by atoms with E-state index in [1.807, 2.05) is 60.1 Å². The first-order chi connectivity index (χ1) is 28.1. The summed E-state index contributed by atoms with van der Waals surface area (Å²) >= 11 is 0. The molecular weight excluding hydrogens is 705 g/mol. The molecule has 57 heavy (non-hydrogen) atoms. The van der Waals surface area contributed by atoms with Crippen LogP contribution < -0.4 is 4.90 Å². The van der Waals surface area contributed by atoms with E-state index < -0.39 is 5.54 Å². The normalized spacial score (nSPS) is 11.4. The molecule has 0 bridgehead atoms. The maximum Gasteiger partial charge on any atom is 0.341 e. The topological polar surface area (TPSA) is 86.0 Å². The van der Waals surface area contributed by atoms with Crippen molar-refractivity contribution in [3.05, 3.63) is 198 Å². The van der Waals surface area contributed by atoms with Crippen LogP contribution in [-0.4, -0.2) is 44.3 Å². The van der Waals surface area contributed by atoms with E-state index in [2.05, 4.69) is 137 Å². The number of fused-ring (bicyclic) bond motifs is 1. The van der Waals surface area contributed by atoms with Crippen LogP contribution in [0, 0.1) is 0 Å². The van der Waals surface area contributed by atoms with Crippen LogP contribution in [0.4, 0.5) is 5.69 Å². The van der Waals surface area contributed by atoms with Crippen molar-refractivity contribution < 1.29 is 9.53 Å². The molecule has 0 N–H and O–H groups in total. The second kappa shape index (κ2) is 16.8. The van der Waals surface area contributed by atoms with Crippen LogP contribution in [0.1, 0.15) is 59.3 Å². The average molecular weight is 749 g/mol. The summed E-state index contributed by atoms with van der Waals surface area (Å²) in [5.74, 6) is 0.251. The molecule has 0 aliphatic rings. The summed E-state index contributed by atoms with van der Waals surface area (Å²) in [5, 5.41) is 15.0. The van der Waals surface area contributed by atoms with Gasteiger partial charge in [0.25, 0.3) is 0 Å². The minimum atomic E-state index is -0.905. The van der Waals surface area contributed by atoms with E-state index in [4.69, 9.17) is 15.0 Å². The Morgan fingerprint density at radius 3 is 1.86 bits per heavy atom. The number of hydrogen-bond donors (Lipinski definition) is 0. The number of hydrogen-bond acceptors (Lipinski definition) is 7. The maximum absolute atomic E-state index is 13.5. The Bertz CT molecular complexity index is 2490. The summed E-state index contributed by atoms with van der Waals surface area (Å²) in [6.45, 7) is 5.56. The minimum Gasteiger partial charge on any atom is -0.462 e. The van der Waals surface area contributed by atoms with Gasteiger partial charge in [0.15, 0.2) is 5.82 Å². The quantitative estimate of drug-likeness (QED) is 0.0808. The Hall–Kier alpha value is -6.93. The number of nitrogens with zero attached hydrogens (tertiary/aromatic N) is 6. The number of anilines is 1. The zero-order valence-corrected chi connectivity index (χ0v) is 32.2. The highest BCUT2D eigenvalue weighted by Crippen LogP contribution is 2.44. The van der Waals surface area contributed by atoms with Crippen LogP contribution in [0.25, 0.3) is 33.4 Å². The molecule has 0 radical (unpaired) electrons. The van der Waals surface area contributed by atoms with E-state index in [-0.39, 0.29) is 12.6 Å². The lowest BCUT2D eigenvalue weighted by Gasteiger charge is -2.36. The Kier molecular flexibility index (Phi) is 10.9. The summed E-state index contributed by atoms with van der Waals surface area (Å²) < 4.78 is 7.56. The third-order valence-corrected chi connectivity index (χ3v) is 10.5. The molecule has 8 nitrogen and oxygen atoms in total. The first-order valence-electron chi connectivity index (χ1n) is 19.6. The zero-order valence-electron chi connectivity index (χ0n) is 32.2. The highest BCUT2D eigenvalue weighted by atomic mass is 16.5. The van der Waals surface area contributed by atoms with Gasteiger partial charge in [-0.25, -0.2) is 9.48 Å². The second-order valence-electron chi connectivity index (χ2n) is 14.0. The number of esters is 1. The van der Waals surface area contributed by atoms with Gasteiger partial charge in [-0.1, -0.05) is 171 Å².